The van der Waals surface area contributed by atoms with Gasteiger partial charge in [0.1, 0.15) is 4.83 Å². The first-order valence-electron chi connectivity index (χ1n) is 11.4. The molecule has 0 bridgehead atoms. The van der Waals surface area contributed by atoms with E-state index in [0.717, 1.165) is 48.7 Å². The molecule has 1 aliphatic carbocycles. The van der Waals surface area contributed by atoms with Crippen LogP contribution in [0.3, 0.4) is 0 Å². The van der Waals surface area contributed by atoms with Crippen LogP contribution in [0.4, 0.5) is 0 Å². The molecule has 1 amide bonds. The molecule has 1 aliphatic rings. The maximum atomic E-state index is 13.1. The van der Waals surface area contributed by atoms with Crippen LogP contribution in [-0.4, -0.2) is 36.9 Å². The average Bonchev–Trinajstić information content (AvgIpc) is 3.42. The summed E-state index contributed by atoms with van der Waals surface area (Å²) in [6.07, 6.45) is 6.07. The molecule has 0 fully saturated rings. The van der Waals surface area contributed by atoms with E-state index in [1.54, 1.807) is 23.0 Å². The molecule has 0 radical (unpaired) electrons. The summed E-state index contributed by atoms with van der Waals surface area (Å²) in [5, 5.41) is 13.1. The first-order chi connectivity index (χ1) is 16.0. The summed E-state index contributed by atoms with van der Waals surface area (Å²) in [7, 11) is 1.74. The van der Waals surface area contributed by atoms with Crippen molar-refractivity contribution in [2.75, 3.05) is 5.75 Å². The lowest BCUT2D eigenvalue weighted by atomic mass is 9.97. The largest absolute Gasteiger partial charge is 0.353 e. The lowest BCUT2D eigenvalue weighted by Gasteiger charge is -2.13. The highest BCUT2D eigenvalue weighted by Crippen LogP contribution is 2.36. The van der Waals surface area contributed by atoms with Crippen molar-refractivity contribution in [3.8, 4) is 0 Å². The van der Waals surface area contributed by atoms with Crippen molar-refractivity contribution < 1.29 is 4.79 Å². The second-order valence-corrected chi connectivity index (χ2v) is 10.7. The van der Waals surface area contributed by atoms with Crippen molar-refractivity contribution in [1.29, 1.82) is 0 Å². The third-order valence-corrected chi connectivity index (χ3v) is 8.45. The zero-order chi connectivity index (χ0) is 22.9. The summed E-state index contributed by atoms with van der Waals surface area (Å²) >= 11 is 3.04. The standard InChI is InChI=1S/C24H27N5O2S2/c1-15(12-13-16-8-4-3-5-9-16)25-19(30)14-32-24-27-26-23-28(2)21(31)20-17-10-6-7-11-18(17)33-22(20)29(23)24/h3-5,8-9,15H,6-7,10-14H2,1-2H3,(H,25,30). The Morgan fingerprint density at radius 2 is 2.00 bits per heavy atom. The molecule has 0 saturated carbocycles. The van der Waals surface area contributed by atoms with E-state index in [1.165, 1.54) is 27.8 Å². The van der Waals surface area contributed by atoms with E-state index in [2.05, 4.69) is 27.6 Å². The van der Waals surface area contributed by atoms with Gasteiger partial charge in [-0.15, -0.1) is 21.5 Å². The van der Waals surface area contributed by atoms with Crippen LogP contribution in [0.25, 0.3) is 16.0 Å². The van der Waals surface area contributed by atoms with E-state index in [0.29, 0.717) is 10.9 Å². The van der Waals surface area contributed by atoms with E-state index in [1.807, 2.05) is 29.5 Å². The van der Waals surface area contributed by atoms with E-state index in [-0.39, 0.29) is 23.3 Å². The maximum absolute atomic E-state index is 13.1. The molecular weight excluding hydrogens is 454 g/mol. The molecule has 9 heteroatoms. The number of aryl methyl sites for hydroxylation is 4. The van der Waals surface area contributed by atoms with Gasteiger partial charge in [-0.1, -0.05) is 42.1 Å². The molecule has 0 saturated heterocycles. The summed E-state index contributed by atoms with van der Waals surface area (Å²) in [6, 6.07) is 10.4. The minimum atomic E-state index is -0.0242. The lowest BCUT2D eigenvalue weighted by molar-refractivity contribution is -0.119. The Labute approximate surface area is 200 Å². The number of rotatable bonds is 7. The Morgan fingerprint density at radius 3 is 2.82 bits per heavy atom. The highest BCUT2D eigenvalue weighted by Gasteiger charge is 2.24. The molecule has 5 rings (SSSR count). The first kappa shape index (κ1) is 22.2. The second kappa shape index (κ2) is 9.30. The average molecular weight is 482 g/mol. The number of nitrogens with one attached hydrogen (secondary N) is 1. The Morgan fingerprint density at radius 1 is 1.21 bits per heavy atom. The number of fused-ring (bicyclic) bond motifs is 5. The van der Waals surface area contributed by atoms with Crippen LogP contribution in [0, 0.1) is 0 Å². The van der Waals surface area contributed by atoms with Gasteiger partial charge in [0.25, 0.3) is 5.56 Å². The van der Waals surface area contributed by atoms with Crippen molar-refractivity contribution in [2.24, 2.45) is 7.05 Å². The first-order valence-corrected chi connectivity index (χ1v) is 13.2. The SMILES string of the molecule is CC(CCc1ccccc1)NC(=O)CSc1nnc2n(C)c(=O)c3c4c(sc3n12)CCCC4. The summed E-state index contributed by atoms with van der Waals surface area (Å²) in [5.41, 5.74) is 2.46. The molecule has 33 heavy (non-hydrogen) atoms. The van der Waals surface area contributed by atoms with Gasteiger partial charge in [0.2, 0.25) is 11.7 Å². The van der Waals surface area contributed by atoms with Crippen molar-refractivity contribution >= 4 is 45.0 Å². The van der Waals surface area contributed by atoms with Crippen LogP contribution in [0.1, 0.15) is 42.2 Å². The third kappa shape index (κ3) is 4.31. The van der Waals surface area contributed by atoms with Gasteiger partial charge in [0.05, 0.1) is 11.1 Å². The number of amides is 1. The fraction of sp³-hybridized carbons (Fsp3) is 0.417. The van der Waals surface area contributed by atoms with Crippen LogP contribution in [-0.2, 0) is 31.1 Å². The van der Waals surface area contributed by atoms with Gasteiger partial charge in [0, 0.05) is 18.0 Å². The zero-order valence-electron chi connectivity index (χ0n) is 18.8. The van der Waals surface area contributed by atoms with Crippen LogP contribution in [0.5, 0.6) is 0 Å². The van der Waals surface area contributed by atoms with Gasteiger partial charge in [-0.3, -0.25) is 14.2 Å². The Kier molecular flexibility index (Phi) is 6.25. The fourth-order valence-electron chi connectivity index (χ4n) is 4.49. The Hall–Kier alpha value is -2.65. The molecule has 3 heterocycles. The summed E-state index contributed by atoms with van der Waals surface area (Å²) in [6.45, 7) is 2.04. The number of carbonyl (C=O) groups excluding carboxylic acids is 1. The monoisotopic (exact) mass is 481 g/mol. The molecule has 0 spiro atoms. The second-order valence-electron chi connectivity index (χ2n) is 8.65. The van der Waals surface area contributed by atoms with Gasteiger partial charge in [-0.2, -0.15) is 0 Å². The fourth-order valence-corrected chi connectivity index (χ4v) is 6.67. The van der Waals surface area contributed by atoms with E-state index in [9.17, 15) is 9.59 Å². The van der Waals surface area contributed by atoms with Crippen molar-refractivity contribution in [3.63, 3.8) is 0 Å². The number of thioether (sulfide) groups is 1. The summed E-state index contributed by atoms with van der Waals surface area (Å²) in [5.74, 6) is 0.750. The molecule has 7 nitrogen and oxygen atoms in total. The topological polar surface area (TPSA) is 81.3 Å². The van der Waals surface area contributed by atoms with E-state index >= 15 is 0 Å². The van der Waals surface area contributed by atoms with Gasteiger partial charge in [-0.25, -0.2) is 4.40 Å². The number of benzene rings is 1. The summed E-state index contributed by atoms with van der Waals surface area (Å²) in [4.78, 5) is 27.9. The van der Waals surface area contributed by atoms with Crippen molar-refractivity contribution in [3.05, 3.63) is 56.7 Å². The smallest absolute Gasteiger partial charge is 0.263 e. The van der Waals surface area contributed by atoms with Crippen molar-refractivity contribution in [2.45, 2.75) is 56.6 Å². The number of hydrogen-bond acceptors (Lipinski definition) is 6. The molecule has 3 aromatic heterocycles. The number of nitrogens with zero attached hydrogens (tertiary/aromatic N) is 4. The predicted molar refractivity (Wildman–Crippen MR) is 133 cm³/mol. The maximum Gasteiger partial charge on any atom is 0.263 e. The quantitative estimate of drug-likeness (QED) is 0.407. The molecule has 0 aliphatic heterocycles. The zero-order valence-corrected chi connectivity index (χ0v) is 20.5. The predicted octanol–water partition coefficient (Wildman–Crippen LogP) is 3.75. The van der Waals surface area contributed by atoms with E-state index < -0.39 is 0 Å². The van der Waals surface area contributed by atoms with E-state index in [4.69, 9.17) is 0 Å². The van der Waals surface area contributed by atoms with Crippen LogP contribution >= 0.6 is 23.1 Å². The third-order valence-electron chi connectivity index (χ3n) is 6.24. The molecule has 1 unspecified atom stereocenters. The normalized spacial score (nSPS) is 14.5. The molecular formula is C24H27N5O2S2. The Bertz CT molecular complexity index is 1370. The molecule has 4 aromatic rings. The molecule has 1 atom stereocenters. The highest BCUT2D eigenvalue weighted by atomic mass is 32.2. The van der Waals surface area contributed by atoms with Gasteiger partial charge in [0.15, 0.2) is 5.16 Å². The van der Waals surface area contributed by atoms with Crippen LogP contribution < -0.4 is 10.9 Å². The highest BCUT2D eigenvalue weighted by molar-refractivity contribution is 7.99. The van der Waals surface area contributed by atoms with Gasteiger partial charge in [-0.05, 0) is 56.6 Å². The minimum absolute atomic E-state index is 0.00849. The lowest BCUT2D eigenvalue weighted by Crippen LogP contribution is -2.34. The van der Waals surface area contributed by atoms with Crippen LogP contribution in [0.15, 0.2) is 40.3 Å². The number of hydrogen-bond donors (Lipinski definition) is 1. The molecule has 1 aromatic carbocycles. The van der Waals surface area contributed by atoms with Gasteiger partial charge >= 0.3 is 0 Å². The van der Waals surface area contributed by atoms with Crippen molar-refractivity contribution in [1.82, 2.24) is 24.5 Å². The minimum Gasteiger partial charge on any atom is -0.353 e. The molecule has 1 N–H and O–H groups in total. The van der Waals surface area contributed by atoms with Crippen LogP contribution in [0.2, 0.25) is 0 Å². The molecule has 172 valence electrons. The number of carbonyl (C=O) groups is 1. The Balaban J connectivity index is 1.32. The number of aromatic nitrogens is 4. The summed E-state index contributed by atoms with van der Waals surface area (Å²) < 4.78 is 3.53. The number of thiophene rings is 1. The van der Waals surface area contributed by atoms with Gasteiger partial charge < -0.3 is 5.32 Å².